The minimum atomic E-state index is -1.89. The van der Waals surface area contributed by atoms with Crippen molar-refractivity contribution in [3.05, 3.63) is 362 Å². The van der Waals surface area contributed by atoms with Gasteiger partial charge >= 0.3 is 151 Å². The van der Waals surface area contributed by atoms with Crippen molar-refractivity contribution < 1.29 is 83.4 Å². The van der Waals surface area contributed by atoms with E-state index in [0.717, 1.165) is 92.7 Å². The van der Waals surface area contributed by atoms with Crippen molar-refractivity contribution in [2.75, 3.05) is 0 Å². The molecule has 8 fully saturated rings. The molecular weight excluding hydrogens is 2270 g/mol. The first-order chi connectivity index (χ1) is 64.4. The molecule has 0 bridgehead atoms. The second-order valence-corrected chi connectivity index (χ2v) is 80.3. The molecule has 16 heteroatoms. The van der Waals surface area contributed by atoms with E-state index in [9.17, 15) is 0 Å². The third kappa shape index (κ3) is 31.9. The van der Waals surface area contributed by atoms with Crippen LogP contribution in [0.3, 0.4) is 0 Å². The van der Waals surface area contributed by atoms with Gasteiger partial charge in [0.05, 0.1) is 32.3 Å². The van der Waals surface area contributed by atoms with Crippen molar-refractivity contribution in [2.24, 2.45) is 111 Å². The first kappa shape index (κ1) is 136. The Morgan fingerprint density at radius 1 is 0.282 bits per heavy atom. The molecule has 2 aromatic carbocycles. The molecule has 142 heavy (non-hydrogen) atoms. The number of hydrogen-bond donors (Lipinski definition) is 0. The molecule has 0 N–H and O–H groups in total. The molecule has 23 unspecified atom stereocenters. The Morgan fingerprint density at radius 3 is 0.789 bits per heavy atom. The first-order valence-corrected chi connectivity index (χ1v) is 87.6. The van der Waals surface area contributed by atoms with Crippen LogP contribution < -0.4 is 10.4 Å². The SMILES string of the molecule is C=CCCC[Si](c1ccccc1)(C1CCCC1)C1C2C=C(C)C=CC2C2C=CC(C(C)(C)C)=CC21.C=CCC[Si](C)(C1CCCC1)C1C2C=C(C)C=CC2C2C=CC(C(C)(C)C)=CC21.C=CCC[Si](C)(C1CCCC1)C1C2C=CC=CC2C2C=CC=CC21.C=CCC[Si](c1ccccc1)(C1CCCC1)C1C2C=C(C)C=CC2C2C=CC(C(C)(C)C)=CC21.[CH3-].[CH3-].[CH3-].[CH3-].[CH3-].[CH3-].[CH3-].[CH3-].[Cl][Zr+2][Cl].[Cl][Zr+2][Cl].[Cl][Zr+2][Cl].[Cl][Zr+2][Cl]. The summed E-state index contributed by atoms with van der Waals surface area (Å²) in [6, 6.07) is 29.6. The van der Waals surface area contributed by atoms with Crippen molar-refractivity contribution in [2.45, 2.75) is 300 Å². The molecule has 16 aliphatic rings. The fourth-order valence-electron chi connectivity index (χ4n) is 30.5. The number of fused-ring (bicyclic) bond motifs is 12. The van der Waals surface area contributed by atoms with Gasteiger partial charge in [-0.15, -0.1) is 26.3 Å². The van der Waals surface area contributed by atoms with E-state index >= 15 is 0 Å². The predicted octanol–water partition coefficient (Wildman–Crippen LogP) is 42.2. The van der Waals surface area contributed by atoms with Crippen molar-refractivity contribution in [1.29, 1.82) is 0 Å². The van der Waals surface area contributed by atoms with Crippen LogP contribution in [-0.4, -0.2) is 32.3 Å². The summed E-state index contributed by atoms with van der Waals surface area (Å²) >= 11 is -3.30. The van der Waals surface area contributed by atoms with Gasteiger partial charge < -0.3 is 59.4 Å². The summed E-state index contributed by atoms with van der Waals surface area (Å²) in [5.74, 6) is 11.2. The van der Waals surface area contributed by atoms with E-state index in [4.69, 9.17) is 68.1 Å². The Hall–Kier alpha value is -0.0400. The summed E-state index contributed by atoms with van der Waals surface area (Å²) in [6.07, 6.45) is 104. The van der Waals surface area contributed by atoms with Gasteiger partial charge in [0.2, 0.25) is 0 Å². The molecule has 18 rings (SSSR count). The van der Waals surface area contributed by atoms with Crippen molar-refractivity contribution >= 4 is 111 Å². The van der Waals surface area contributed by atoms with Crippen LogP contribution in [-0.2, 0) is 83.4 Å². The molecule has 0 nitrogen and oxygen atoms in total. The third-order valence-electron chi connectivity index (χ3n) is 36.1. The maximum absolute atomic E-state index is 4.93. The zero-order chi connectivity index (χ0) is 96.8. The summed E-state index contributed by atoms with van der Waals surface area (Å²) in [5, 5.41) is 3.48. The number of hydrogen-bond acceptors (Lipinski definition) is 0. The number of unbranched alkanes of at least 4 members (excludes halogenated alkanes) is 1. The maximum atomic E-state index is 4.93. The van der Waals surface area contributed by atoms with Gasteiger partial charge in [-0.1, -0.05) is 473 Å². The van der Waals surface area contributed by atoms with Crippen LogP contribution in [0.2, 0.25) is 81.6 Å². The Balaban J connectivity index is 0.000000463. The normalized spacial score (nSPS) is 30.0. The molecule has 8 saturated carbocycles. The fourth-order valence-corrected chi connectivity index (χ4v) is 57.9. The number of allylic oxidation sites excluding steroid dienone is 36. The topological polar surface area (TPSA) is 0 Å². The minimum absolute atomic E-state index is 0. The molecule has 0 saturated heterocycles. The van der Waals surface area contributed by atoms with Gasteiger partial charge in [-0.05, 0) is 224 Å². The van der Waals surface area contributed by atoms with Gasteiger partial charge in [0.15, 0.2) is 0 Å². The summed E-state index contributed by atoms with van der Waals surface area (Å²) in [7, 11) is 32.9. The third-order valence-corrected chi connectivity index (χ3v) is 61.4. The van der Waals surface area contributed by atoms with E-state index in [-0.39, 0.29) is 75.7 Å². The molecule has 0 aromatic heterocycles. The van der Waals surface area contributed by atoms with E-state index in [0.29, 0.717) is 59.2 Å². The van der Waals surface area contributed by atoms with Gasteiger partial charge in [0.1, 0.15) is 0 Å². The molecule has 23 atom stereocenters. The van der Waals surface area contributed by atoms with E-state index in [1.807, 2.05) is 0 Å². The zero-order valence-corrected chi connectivity index (χ0v) is 112. The van der Waals surface area contributed by atoms with Crippen LogP contribution in [0.15, 0.2) is 303 Å². The number of benzene rings is 2. The van der Waals surface area contributed by atoms with Crippen LogP contribution in [0.4, 0.5) is 0 Å². The van der Waals surface area contributed by atoms with E-state index < -0.39 is 116 Å². The molecule has 0 heterocycles. The van der Waals surface area contributed by atoms with Crippen molar-refractivity contribution in [3.8, 4) is 0 Å². The summed E-state index contributed by atoms with van der Waals surface area (Å²) < 4.78 is 0. The first-order valence-electron chi connectivity index (χ1n) is 51.8. The average Bonchev–Trinajstić information content (AvgIpc) is 1.55. The second-order valence-electron chi connectivity index (χ2n) is 46.1. The molecule has 0 amide bonds. The Morgan fingerprint density at radius 2 is 0.507 bits per heavy atom. The molecule has 0 spiro atoms. The van der Waals surface area contributed by atoms with Crippen molar-refractivity contribution in [3.63, 3.8) is 0 Å². The Labute approximate surface area is 954 Å². The van der Waals surface area contributed by atoms with Crippen LogP contribution >= 0.6 is 68.1 Å². The summed E-state index contributed by atoms with van der Waals surface area (Å²) in [5.41, 5.74) is 17.0. The molecule has 0 radical (unpaired) electrons. The number of rotatable bonds is 23. The van der Waals surface area contributed by atoms with Crippen LogP contribution in [0, 0.1) is 170 Å². The quantitative estimate of drug-likeness (QED) is 0.0450. The Kier molecular flexibility index (Phi) is 61.8. The van der Waals surface area contributed by atoms with E-state index in [1.165, 1.54) is 163 Å². The van der Waals surface area contributed by atoms with Gasteiger partial charge in [0, 0.05) is 0 Å². The van der Waals surface area contributed by atoms with Gasteiger partial charge in [-0.2, -0.15) is 0 Å². The van der Waals surface area contributed by atoms with Crippen LogP contribution in [0.25, 0.3) is 0 Å². The average molecular weight is 2460 g/mol. The van der Waals surface area contributed by atoms with E-state index in [1.54, 1.807) is 27.1 Å². The predicted molar refractivity (Wildman–Crippen MR) is 643 cm³/mol. The zero-order valence-electron chi connectivity index (χ0n) is 92.0. The van der Waals surface area contributed by atoms with Gasteiger partial charge in [0.25, 0.3) is 0 Å². The fraction of sp³-hybridized carbons (Fsp3) is 0.524. The van der Waals surface area contributed by atoms with Gasteiger partial charge in [-0.3, -0.25) is 0 Å². The molecule has 2 aromatic rings. The standard InChI is InChI=1S/C34H46Si.C33H44Si.C28H42Si.C23H32Si.8CH3.8ClH.4Zr/c1-6-7-13-22-35(28-16-11-12-17-28,27-14-9-8-10-15-27)33-31-23-25(2)18-20-29(31)30-21-19-26(24-32(30)33)34(3,4)5;1-6-7-21-34(27-15-11-12-16-27,26-13-9-8-10-14-26)32-30-22-24(2)17-19-28(30)29-20-18-25(23-31(29)32)33(3,4)5;1-7-8-17-29(6,22-11-9-10-12-22)27-25-18-20(2)13-15-23(25)24-16-14-21(19-26(24)27)28(3,4)5;1-3-4-17-24(2,18-11-5-6-12-18)23-21-15-9-7-13-19(21)20-14-8-10-16-22(20)23;;;;;;;;;;;;;;;;;;;;/h6,8-10,14-15,18-21,23-24,28-33H,1,7,11-13,16-17,22H2,2-5H3;6,8-10,13-14,17-20,22-23,27-32H,1,7,11-12,15-16,21H2,2-5H3;7,13-16,18-19,22-27H,1,8-12,17H2,2-6H3;3,7-10,13-16,18-23H,1,4-6,11-12,17H2,2H3;8*1H3;8*1H;;;;/q;;;;8*-1;;;;;;;;;4*+4/p-8. The molecule has 780 valence electrons. The summed E-state index contributed by atoms with van der Waals surface area (Å²) in [4.78, 5) is 0. The summed E-state index contributed by atoms with van der Waals surface area (Å²) in [6.45, 7) is 50.5. The number of halogens is 8. The molecule has 16 aliphatic carbocycles. The second kappa shape index (κ2) is 64.5. The van der Waals surface area contributed by atoms with Crippen molar-refractivity contribution in [1.82, 2.24) is 0 Å². The Bertz CT molecular complexity index is 4610. The molecular formula is C126H188Cl8Si4Zr4. The van der Waals surface area contributed by atoms with Crippen LogP contribution in [0.1, 0.15) is 218 Å². The van der Waals surface area contributed by atoms with E-state index in [2.05, 4.69) is 365 Å². The van der Waals surface area contributed by atoms with Crippen LogP contribution in [0.5, 0.6) is 0 Å². The monoisotopic (exact) mass is 2450 g/mol. The molecule has 0 aliphatic heterocycles. The van der Waals surface area contributed by atoms with Gasteiger partial charge in [-0.25, -0.2) is 0 Å².